The van der Waals surface area contributed by atoms with Crippen LogP contribution in [0.4, 0.5) is 0 Å². The molecule has 1 atom stereocenters. The van der Waals surface area contributed by atoms with Crippen molar-refractivity contribution in [3.05, 3.63) is 0 Å². The highest BCUT2D eigenvalue weighted by molar-refractivity contribution is 5.80. The second-order valence-electron chi connectivity index (χ2n) is 6.71. The van der Waals surface area contributed by atoms with E-state index in [1.54, 1.807) is 0 Å². The van der Waals surface area contributed by atoms with Crippen LogP contribution in [-0.2, 0) is 0 Å². The molecule has 1 unspecified atom stereocenters. The molecule has 0 aliphatic rings. The lowest BCUT2D eigenvalue weighted by molar-refractivity contribution is 0.375. The Morgan fingerprint density at radius 2 is 1.52 bits per heavy atom. The molecule has 1 N–H and O–H groups in total. The van der Waals surface area contributed by atoms with Gasteiger partial charge in [0.15, 0.2) is 0 Å². The summed E-state index contributed by atoms with van der Waals surface area (Å²) in [4.78, 5) is 5.66. The molecule has 0 spiro atoms. The lowest BCUT2D eigenvalue weighted by Crippen LogP contribution is -2.36. The van der Waals surface area contributed by atoms with Gasteiger partial charge in [-0.2, -0.15) is 5.26 Å². The van der Waals surface area contributed by atoms with Crippen molar-refractivity contribution in [1.82, 2.24) is 10.2 Å². The molecule has 23 heavy (non-hydrogen) atoms. The van der Waals surface area contributed by atoms with E-state index in [-0.39, 0.29) is 0 Å². The number of nitriles is 1. The summed E-state index contributed by atoms with van der Waals surface area (Å²) in [7, 11) is 3.81. The van der Waals surface area contributed by atoms with E-state index in [0.717, 1.165) is 18.9 Å². The first kappa shape index (κ1) is 21.8. The predicted octanol–water partition coefficient (Wildman–Crippen LogP) is 4.92. The molecular weight excluding hydrogens is 284 g/mol. The van der Waals surface area contributed by atoms with Gasteiger partial charge in [-0.1, -0.05) is 71.6 Å². The zero-order valence-electron chi connectivity index (χ0n) is 15.9. The van der Waals surface area contributed by atoms with E-state index in [0.29, 0.717) is 5.96 Å². The fourth-order valence-electron chi connectivity index (χ4n) is 2.91. The van der Waals surface area contributed by atoms with Gasteiger partial charge in [0.2, 0.25) is 12.2 Å². The van der Waals surface area contributed by atoms with Crippen LogP contribution >= 0.6 is 0 Å². The molecule has 0 aliphatic carbocycles. The Labute approximate surface area is 144 Å². The molecule has 0 saturated heterocycles. The van der Waals surface area contributed by atoms with Crippen molar-refractivity contribution in [2.45, 2.75) is 84.5 Å². The van der Waals surface area contributed by atoms with Crippen LogP contribution in [0.5, 0.6) is 0 Å². The Morgan fingerprint density at radius 1 is 0.957 bits per heavy atom. The number of nitrogens with one attached hydrogen (secondary N) is 1. The molecular formula is C19H38N4. The Kier molecular flexibility index (Phi) is 14.8. The summed E-state index contributed by atoms with van der Waals surface area (Å²) in [6.45, 7) is 5.45. The Hall–Kier alpha value is -1.24. The molecule has 0 aliphatic heterocycles. The molecule has 0 aromatic carbocycles. The third-order valence-corrected chi connectivity index (χ3v) is 4.33. The van der Waals surface area contributed by atoms with Gasteiger partial charge in [-0.3, -0.25) is 0 Å². The number of aliphatic imine (C=N–C) groups is 1. The molecule has 0 aromatic rings. The summed E-state index contributed by atoms with van der Waals surface area (Å²) in [5.41, 5.74) is 0. The molecule has 134 valence electrons. The first-order valence-corrected chi connectivity index (χ1v) is 9.53. The first-order chi connectivity index (χ1) is 11.2. The average Bonchev–Trinajstić information content (AvgIpc) is 2.53. The molecule has 0 amide bonds. The summed E-state index contributed by atoms with van der Waals surface area (Å²) in [5.74, 6) is 1.54. The highest BCUT2D eigenvalue weighted by Gasteiger charge is 2.09. The lowest BCUT2D eigenvalue weighted by atomic mass is 9.91. The van der Waals surface area contributed by atoms with Crippen LogP contribution in [0.15, 0.2) is 4.99 Å². The molecule has 0 saturated carbocycles. The van der Waals surface area contributed by atoms with Gasteiger partial charge in [-0.15, -0.1) is 4.99 Å². The van der Waals surface area contributed by atoms with Gasteiger partial charge in [-0.05, 0) is 18.8 Å². The van der Waals surface area contributed by atoms with Crippen LogP contribution in [0.2, 0.25) is 0 Å². The number of hydrogen-bond donors (Lipinski definition) is 1. The second-order valence-corrected chi connectivity index (χ2v) is 6.71. The largest absolute Gasteiger partial charge is 0.355 e. The smallest absolute Gasteiger partial charge is 0.209 e. The number of rotatable bonds is 13. The quantitative estimate of drug-likeness (QED) is 0.226. The minimum Gasteiger partial charge on any atom is -0.355 e. The van der Waals surface area contributed by atoms with E-state index in [1.807, 2.05) is 25.2 Å². The zero-order valence-corrected chi connectivity index (χ0v) is 15.9. The van der Waals surface area contributed by atoms with Crippen molar-refractivity contribution in [1.29, 1.82) is 5.26 Å². The zero-order chi connectivity index (χ0) is 17.3. The fourth-order valence-corrected chi connectivity index (χ4v) is 2.91. The highest BCUT2D eigenvalue weighted by atomic mass is 15.3. The molecule has 0 heterocycles. The van der Waals surface area contributed by atoms with E-state index in [1.165, 1.54) is 64.2 Å². The van der Waals surface area contributed by atoms with Gasteiger partial charge < -0.3 is 10.2 Å². The summed E-state index contributed by atoms with van der Waals surface area (Å²) < 4.78 is 0. The summed E-state index contributed by atoms with van der Waals surface area (Å²) in [6, 6.07) is 0. The average molecular weight is 323 g/mol. The summed E-state index contributed by atoms with van der Waals surface area (Å²) in [5, 5.41) is 12.0. The molecule has 4 heteroatoms. The maximum Gasteiger partial charge on any atom is 0.209 e. The standard InChI is InChI=1S/C19H38N4/c1-5-7-9-11-14-18(13-10-8-6-2)15-12-16-21-19(22-17-20)23(3)4/h18H,5-16H2,1-4H3,(H,21,22). The van der Waals surface area contributed by atoms with Crippen LogP contribution in [0.25, 0.3) is 0 Å². The summed E-state index contributed by atoms with van der Waals surface area (Å²) in [6.07, 6.45) is 16.6. The van der Waals surface area contributed by atoms with Crippen LogP contribution in [0.3, 0.4) is 0 Å². The first-order valence-electron chi connectivity index (χ1n) is 9.53. The Bertz CT molecular complexity index is 331. The van der Waals surface area contributed by atoms with E-state index < -0.39 is 0 Å². The van der Waals surface area contributed by atoms with Gasteiger partial charge in [0.05, 0.1) is 0 Å². The maximum atomic E-state index is 8.69. The molecule has 0 aromatic heterocycles. The van der Waals surface area contributed by atoms with Gasteiger partial charge in [0, 0.05) is 20.6 Å². The van der Waals surface area contributed by atoms with Crippen molar-refractivity contribution in [3.63, 3.8) is 0 Å². The third kappa shape index (κ3) is 12.9. The van der Waals surface area contributed by atoms with Crippen LogP contribution in [0, 0.1) is 17.4 Å². The van der Waals surface area contributed by atoms with Crippen LogP contribution < -0.4 is 5.32 Å². The second kappa shape index (κ2) is 15.6. The number of nitrogens with zero attached hydrogens (tertiary/aromatic N) is 3. The monoisotopic (exact) mass is 322 g/mol. The Balaban J connectivity index is 4.05. The molecule has 0 radical (unpaired) electrons. The Morgan fingerprint density at radius 3 is 2.09 bits per heavy atom. The van der Waals surface area contributed by atoms with Gasteiger partial charge in [0.25, 0.3) is 0 Å². The SMILES string of the molecule is CCCCCCC(CCCCC)CCCN/C(=N/C#N)N(C)C. The van der Waals surface area contributed by atoms with E-state index in [2.05, 4.69) is 24.2 Å². The predicted molar refractivity (Wildman–Crippen MR) is 100 cm³/mol. The van der Waals surface area contributed by atoms with Crippen LogP contribution in [0.1, 0.15) is 84.5 Å². The number of guanidine groups is 1. The molecule has 0 fully saturated rings. The van der Waals surface area contributed by atoms with Crippen molar-refractivity contribution in [2.24, 2.45) is 10.9 Å². The molecule has 0 bridgehead atoms. The number of hydrogen-bond acceptors (Lipinski definition) is 2. The minimum atomic E-state index is 0.665. The number of unbranched alkanes of at least 4 members (excludes halogenated alkanes) is 5. The third-order valence-electron chi connectivity index (χ3n) is 4.33. The topological polar surface area (TPSA) is 51.4 Å². The van der Waals surface area contributed by atoms with Gasteiger partial charge in [-0.25, -0.2) is 0 Å². The molecule has 4 nitrogen and oxygen atoms in total. The van der Waals surface area contributed by atoms with E-state index in [4.69, 9.17) is 5.26 Å². The highest BCUT2D eigenvalue weighted by Crippen LogP contribution is 2.22. The normalized spacial score (nSPS) is 12.7. The lowest BCUT2D eigenvalue weighted by Gasteiger charge is -2.19. The van der Waals surface area contributed by atoms with E-state index in [9.17, 15) is 0 Å². The summed E-state index contributed by atoms with van der Waals surface area (Å²) >= 11 is 0. The van der Waals surface area contributed by atoms with Crippen molar-refractivity contribution in [3.8, 4) is 6.19 Å². The van der Waals surface area contributed by atoms with Crippen LogP contribution in [-0.4, -0.2) is 31.5 Å². The fraction of sp³-hybridized carbons (Fsp3) is 0.895. The maximum absolute atomic E-state index is 8.69. The van der Waals surface area contributed by atoms with E-state index >= 15 is 0 Å². The minimum absolute atomic E-state index is 0.665. The van der Waals surface area contributed by atoms with Crippen molar-refractivity contribution >= 4 is 5.96 Å². The van der Waals surface area contributed by atoms with Gasteiger partial charge >= 0.3 is 0 Å². The van der Waals surface area contributed by atoms with Crippen molar-refractivity contribution < 1.29 is 0 Å². The van der Waals surface area contributed by atoms with Crippen molar-refractivity contribution in [2.75, 3.05) is 20.6 Å². The molecule has 0 rings (SSSR count). The van der Waals surface area contributed by atoms with Gasteiger partial charge in [0.1, 0.15) is 0 Å².